The Kier molecular flexibility index (Phi) is 3.38. The predicted octanol–water partition coefficient (Wildman–Crippen LogP) is 1.34. The molecule has 0 aliphatic carbocycles. The van der Waals surface area contributed by atoms with Crippen molar-refractivity contribution >= 4 is 5.78 Å². The second-order valence-corrected chi connectivity index (χ2v) is 2.75. The molecule has 0 unspecified atom stereocenters. The van der Waals surface area contributed by atoms with Crippen molar-refractivity contribution in [2.45, 2.75) is 6.92 Å². The molecule has 0 aliphatic heterocycles. The third-order valence-corrected chi connectivity index (χ3v) is 1.69. The van der Waals surface area contributed by atoms with Crippen molar-refractivity contribution in [3.05, 3.63) is 35.1 Å². The highest BCUT2D eigenvalue weighted by atomic mass is 19.1. The summed E-state index contributed by atoms with van der Waals surface area (Å²) in [7, 11) is 0. The molecule has 0 aromatic heterocycles. The van der Waals surface area contributed by atoms with Gasteiger partial charge in [-0.25, -0.2) is 4.39 Å². The molecular formula is C11H10FNO. The maximum Gasteiger partial charge on any atom is 0.161 e. The van der Waals surface area contributed by atoms with Gasteiger partial charge in [0.15, 0.2) is 5.78 Å². The minimum absolute atomic E-state index is 0.203. The van der Waals surface area contributed by atoms with Crippen LogP contribution in [0.5, 0.6) is 0 Å². The molecule has 0 radical (unpaired) electrons. The van der Waals surface area contributed by atoms with E-state index < -0.39 is 5.82 Å². The van der Waals surface area contributed by atoms with Gasteiger partial charge in [0.05, 0.1) is 6.54 Å². The molecule has 2 nitrogen and oxygen atoms in total. The number of rotatable bonds is 1. The van der Waals surface area contributed by atoms with Gasteiger partial charge in [0, 0.05) is 11.1 Å². The lowest BCUT2D eigenvalue weighted by atomic mass is 10.0. The molecule has 1 rings (SSSR count). The van der Waals surface area contributed by atoms with Crippen LogP contribution < -0.4 is 5.73 Å². The predicted molar refractivity (Wildman–Crippen MR) is 52.3 cm³/mol. The first-order valence-corrected chi connectivity index (χ1v) is 4.14. The monoisotopic (exact) mass is 191 g/mol. The zero-order valence-corrected chi connectivity index (χ0v) is 7.80. The quantitative estimate of drug-likeness (QED) is 0.537. The van der Waals surface area contributed by atoms with Crippen LogP contribution >= 0.6 is 0 Å². The van der Waals surface area contributed by atoms with Crippen LogP contribution in [-0.4, -0.2) is 12.3 Å². The number of halogens is 1. The van der Waals surface area contributed by atoms with Crippen LogP contribution in [0, 0.1) is 17.7 Å². The van der Waals surface area contributed by atoms with E-state index in [2.05, 4.69) is 11.8 Å². The van der Waals surface area contributed by atoms with Gasteiger partial charge < -0.3 is 5.73 Å². The smallest absolute Gasteiger partial charge is 0.161 e. The number of hydrogen-bond donors (Lipinski definition) is 1. The molecule has 72 valence electrons. The summed E-state index contributed by atoms with van der Waals surface area (Å²) in [5, 5.41) is 0. The average Bonchev–Trinajstić information content (AvgIpc) is 2.15. The van der Waals surface area contributed by atoms with Crippen LogP contribution in [-0.2, 0) is 0 Å². The fourth-order valence-corrected chi connectivity index (χ4v) is 1.06. The number of carbonyl (C=O) groups excluding carboxylic acids is 1. The fraction of sp³-hybridized carbons (Fsp3) is 0.182. The Morgan fingerprint density at radius 3 is 2.86 bits per heavy atom. The lowest BCUT2D eigenvalue weighted by Gasteiger charge is -1.99. The minimum atomic E-state index is -0.437. The first-order valence-electron chi connectivity index (χ1n) is 4.14. The molecular weight excluding hydrogens is 181 g/mol. The van der Waals surface area contributed by atoms with Crippen molar-refractivity contribution < 1.29 is 9.18 Å². The van der Waals surface area contributed by atoms with E-state index >= 15 is 0 Å². The maximum atomic E-state index is 12.8. The van der Waals surface area contributed by atoms with Crippen LogP contribution in [0.15, 0.2) is 18.2 Å². The molecule has 0 bridgehead atoms. The van der Waals surface area contributed by atoms with Gasteiger partial charge in [-0.1, -0.05) is 11.8 Å². The molecule has 2 N–H and O–H groups in total. The summed E-state index contributed by atoms with van der Waals surface area (Å²) in [6.45, 7) is 1.59. The van der Waals surface area contributed by atoms with Crippen LogP contribution in [0.25, 0.3) is 0 Å². The molecule has 3 heteroatoms. The van der Waals surface area contributed by atoms with E-state index in [1.165, 1.54) is 25.1 Å². The third-order valence-electron chi connectivity index (χ3n) is 1.69. The Hall–Kier alpha value is -1.66. The van der Waals surface area contributed by atoms with E-state index in [-0.39, 0.29) is 12.3 Å². The molecule has 1 aromatic rings. The average molecular weight is 191 g/mol. The van der Waals surface area contributed by atoms with Gasteiger partial charge in [-0.3, -0.25) is 4.79 Å². The summed E-state index contributed by atoms with van der Waals surface area (Å²) < 4.78 is 12.8. The summed E-state index contributed by atoms with van der Waals surface area (Å²) in [5.74, 6) is 4.70. The Morgan fingerprint density at radius 2 is 2.29 bits per heavy atom. The van der Waals surface area contributed by atoms with Gasteiger partial charge in [0.25, 0.3) is 0 Å². The van der Waals surface area contributed by atoms with Crippen molar-refractivity contribution in [2.24, 2.45) is 5.73 Å². The number of carbonyl (C=O) groups is 1. The topological polar surface area (TPSA) is 43.1 Å². The Bertz CT molecular complexity index is 415. The van der Waals surface area contributed by atoms with Crippen LogP contribution in [0.2, 0.25) is 0 Å². The normalized spacial score (nSPS) is 9.07. The summed E-state index contributed by atoms with van der Waals surface area (Å²) >= 11 is 0. The lowest BCUT2D eigenvalue weighted by molar-refractivity contribution is 0.101. The zero-order valence-electron chi connectivity index (χ0n) is 7.80. The molecule has 0 spiro atoms. The summed E-state index contributed by atoms with van der Waals surface area (Å²) in [4.78, 5) is 11.1. The van der Waals surface area contributed by atoms with Crippen LogP contribution in [0.1, 0.15) is 22.8 Å². The molecule has 0 fully saturated rings. The molecule has 0 saturated heterocycles. The van der Waals surface area contributed by atoms with Crippen molar-refractivity contribution in [1.82, 2.24) is 0 Å². The van der Waals surface area contributed by atoms with Crippen molar-refractivity contribution in [1.29, 1.82) is 0 Å². The Balaban J connectivity index is 3.22. The largest absolute Gasteiger partial charge is 0.320 e. The second kappa shape index (κ2) is 4.54. The highest BCUT2D eigenvalue weighted by molar-refractivity contribution is 5.96. The molecule has 1 aromatic carbocycles. The highest BCUT2D eigenvalue weighted by Gasteiger charge is 2.06. The van der Waals surface area contributed by atoms with Crippen LogP contribution in [0.3, 0.4) is 0 Å². The molecule has 0 aliphatic rings. The standard InChI is InChI=1S/C11H10FNO/c1-8(14)11-7-10(12)5-4-9(11)3-2-6-13/h4-5,7H,6,13H2,1H3. The molecule has 0 saturated carbocycles. The van der Waals surface area contributed by atoms with Gasteiger partial charge >= 0.3 is 0 Å². The van der Waals surface area contributed by atoms with Gasteiger partial charge in [-0.2, -0.15) is 0 Å². The van der Waals surface area contributed by atoms with Crippen molar-refractivity contribution in [3.8, 4) is 11.8 Å². The van der Waals surface area contributed by atoms with Gasteiger partial charge in [0.1, 0.15) is 5.82 Å². The zero-order chi connectivity index (χ0) is 10.6. The van der Waals surface area contributed by atoms with E-state index in [0.717, 1.165) is 0 Å². The van der Waals surface area contributed by atoms with E-state index in [1.54, 1.807) is 0 Å². The number of nitrogens with two attached hydrogens (primary N) is 1. The van der Waals surface area contributed by atoms with E-state index in [9.17, 15) is 9.18 Å². The molecule has 0 amide bonds. The third kappa shape index (κ3) is 2.41. The molecule has 0 heterocycles. The van der Waals surface area contributed by atoms with E-state index in [0.29, 0.717) is 11.1 Å². The van der Waals surface area contributed by atoms with Crippen LogP contribution in [0.4, 0.5) is 4.39 Å². The summed E-state index contributed by atoms with van der Waals surface area (Å²) in [6, 6.07) is 3.94. The molecule has 0 atom stereocenters. The van der Waals surface area contributed by atoms with Gasteiger partial charge in [0.2, 0.25) is 0 Å². The van der Waals surface area contributed by atoms with Gasteiger partial charge in [-0.05, 0) is 25.1 Å². The van der Waals surface area contributed by atoms with Crippen molar-refractivity contribution in [3.63, 3.8) is 0 Å². The minimum Gasteiger partial charge on any atom is -0.320 e. The molecule has 14 heavy (non-hydrogen) atoms. The summed E-state index contributed by atoms with van der Waals surface area (Å²) in [5.41, 5.74) is 6.01. The van der Waals surface area contributed by atoms with Gasteiger partial charge in [-0.15, -0.1) is 0 Å². The Morgan fingerprint density at radius 1 is 1.57 bits per heavy atom. The first-order chi connectivity index (χ1) is 6.65. The number of Topliss-reactive ketones (excluding diaryl/α,β-unsaturated/α-hetero) is 1. The first kappa shape index (κ1) is 10.4. The van der Waals surface area contributed by atoms with E-state index in [4.69, 9.17) is 5.73 Å². The number of ketones is 1. The number of benzene rings is 1. The summed E-state index contributed by atoms with van der Waals surface area (Å²) in [6.07, 6.45) is 0. The second-order valence-electron chi connectivity index (χ2n) is 2.75. The highest BCUT2D eigenvalue weighted by Crippen LogP contribution is 2.10. The Labute approximate surface area is 81.9 Å². The lowest BCUT2D eigenvalue weighted by Crippen LogP contribution is -1.99. The van der Waals surface area contributed by atoms with Crippen molar-refractivity contribution in [2.75, 3.05) is 6.54 Å². The maximum absolute atomic E-state index is 12.8. The SMILES string of the molecule is CC(=O)c1cc(F)ccc1C#CCN. The number of hydrogen-bond acceptors (Lipinski definition) is 2. The van der Waals surface area contributed by atoms with E-state index in [1.807, 2.05) is 0 Å². The fourth-order valence-electron chi connectivity index (χ4n) is 1.06.